The highest BCUT2D eigenvalue weighted by Gasteiger charge is 2.11. The lowest BCUT2D eigenvalue weighted by atomic mass is 10.3. The number of nitrogens with zero attached hydrogens (tertiary/aromatic N) is 3. The van der Waals surface area contributed by atoms with Crippen molar-refractivity contribution in [3.8, 4) is 0 Å². The van der Waals surface area contributed by atoms with E-state index in [1.807, 2.05) is 16.7 Å². The largest absolute Gasteiger partial charge is 0.328 e. The predicted molar refractivity (Wildman–Crippen MR) is 97.7 cm³/mol. The smallest absolute Gasteiger partial charge is 0.173 e. The normalized spacial score (nSPS) is 11.1. The second-order valence-corrected chi connectivity index (χ2v) is 7.01. The van der Waals surface area contributed by atoms with Crippen LogP contribution in [-0.2, 0) is 6.54 Å². The third-order valence-corrected chi connectivity index (χ3v) is 5.03. The molecule has 1 aromatic carbocycles. The molecule has 0 spiro atoms. The molecule has 3 aromatic rings. The van der Waals surface area contributed by atoms with E-state index in [1.54, 1.807) is 18.5 Å². The first-order valence-corrected chi connectivity index (χ1v) is 8.89. The molecule has 0 bridgehead atoms. The quantitative estimate of drug-likeness (QED) is 0.483. The van der Waals surface area contributed by atoms with Crippen LogP contribution in [0.4, 0.5) is 0 Å². The van der Waals surface area contributed by atoms with Crippen molar-refractivity contribution in [2.75, 3.05) is 0 Å². The third-order valence-electron chi connectivity index (χ3n) is 3.41. The number of hydrogen-bond donors (Lipinski definition) is 2. The van der Waals surface area contributed by atoms with Gasteiger partial charge >= 0.3 is 0 Å². The zero-order valence-corrected chi connectivity index (χ0v) is 15.0. The maximum atomic E-state index is 7.97. The van der Waals surface area contributed by atoms with Crippen molar-refractivity contribution < 1.29 is 0 Å². The Hall–Kier alpha value is -1.76. The van der Waals surface area contributed by atoms with E-state index >= 15 is 0 Å². The van der Waals surface area contributed by atoms with Gasteiger partial charge in [-0.05, 0) is 31.0 Å². The van der Waals surface area contributed by atoms with Gasteiger partial charge < -0.3 is 9.55 Å². The van der Waals surface area contributed by atoms with Gasteiger partial charge in [-0.2, -0.15) is 0 Å². The Bertz CT molecular complexity index is 947. The molecule has 2 aromatic heterocycles. The zero-order chi connectivity index (χ0) is 17.1. The SMILES string of the molecule is C=CCCCn1cnc(=N)c2[nH]c(Sc3ccc(Cl)c(Cl)c3)nc21. The molecule has 124 valence electrons. The highest BCUT2D eigenvalue weighted by molar-refractivity contribution is 7.99. The van der Waals surface area contributed by atoms with E-state index in [0.29, 0.717) is 20.7 Å². The first kappa shape index (κ1) is 17.1. The van der Waals surface area contributed by atoms with Gasteiger partial charge in [-0.3, -0.25) is 5.41 Å². The number of unbranched alkanes of at least 4 members (excludes halogenated alkanes) is 1. The summed E-state index contributed by atoms with van der Waals surface area (Å²) in [5.41, 5.74) is 1.53. The van der Waals surface area contributed by atoms with Crippen LogP contribution >= 0.6 is 35.0 Å². The third kappa shape index (κ3) is 3.66. The molecule has 24 heavy (non-hydrogen) atoms. The van der Waals surface area contributed by atoms with E-state index in [-0.39, 0.29) is 5.49 Å². The molecule has 3 rings (SSSR count). The molecule has 5 nitrogen and oxygen atoms in total. The molecule has 0 radical (unpaired) electrons. The Morgan fingerprint density at radius 1 is 1.33 bits per heavy atom. The number of benzene rings is 1. The summed E-state index contributed by atoms with van der Waals surface area (Å²) < 4.78 is 1.95. The summed E-state index contributed by atoms with van der Waals surface area (Å²) in [6, 6.07) is 5.42. The summed E-state index contributed by atoms with van der Waals surface area (Å²) in [7, 11) is 0. The summed E-state index contributed by atoms with van der Waals surface area (Å²) in [6.07, 6.45) is 5.42. The summed E-state index contributed by atoms with van der Waals surface area (Å²) in [5.74, 6) is 0. The topological polar surface area (TPSA) is 70.3 Å². The Morgan fingerprint density at radius 3 is 2.92 bits per heavy atom. The minimum atomic E-state index is 0.179. The van der Waals surface area contributed by atoms with Crippen LogP contribution < -0.4 is 5.49 Å². The van der Waals surface area contributed by atoms with Crippen molar-refractivity contribution in [2.45, 2.75) is 29.4 Å². The van der Waals surface area contributed by atoms with Crippen LogP contribution in [0, 0.1) is 5.41 Å². The zero-order valence-electron chi connectivity index (χ0n) is 12.7. The average Bonchev–Trinajstić information content (AvgIpc) is 2.98. The maximum absolute atomic E-state index is 7.97. The lowest BCUT2D eigenvalue weighted by molar-refractivity contribution is 0.648. The van der Waals surface area contributed by atoms with Crippen LogP contribution in [0.5, 0.6) is 0 Å². The van der Waals surface area contributed by atoms with Gasteiger partial charge in [0.2, 0.25) is 0 Å². The van der Waals surface area contributed by atoms with E-state index in [1.165, 1.54) is 11.8 Å². The van der Waals surface area contributed by atoms with Crippen LogP contribution in [0.3, 0.4) is 0 Å². The molecule has 0 atom stereocenters. The number of rotatable bonds is 6. The fraction of sp³-hybridized carbons (Fsp3) is 0.188. The van der Waals surface area contributed by atoms with E-state index < -0.39 is 0 Å². The van der Waals surface area contributed by atoms with Gasteiger partial charge in [-0.15, -0.1) is 6.58 Å². The van der Waals surface area contributed by atoms with Crippen molar-refractivity contribution >= 4 is 46.1 Å². The Kier molecular flexibility index (Phi) is 5.28. The van der Waals surface area contributed by atoms with E-state index in [9.17, 15) is 0 Å². The fourth-order valence-corrected chi connectivity index (χ4v) is 3.42. The summed E-state index contributed by atoms with van der Waals surface area (Å²) in [5, 5.41) is 9.67. The van der Waals surface area contributed by atoms with Crippen LogP contribution in [0.25, 0.3) is 11.2 Å². The predicted octanol–water partition coefficient (Wildman–Crippen LogP) is 4.66. The maximum Gasteiger partial charge on any atom is 0.173 e. The molecule has 0 aliphatic rings. The van der Waals surface area contributed by atoms with Crippen molar-refractivity contribution in [3.63, 3.8) is 0 Å². The van der Waals surface area contributed by atoms with Crippen LogP contribution in [0.15, 0.2) is 47.2 Å². The first-order valence-electron chi connectivity index (χ1n) is 7.32. The molecule has 2 N–H and O–H groups in total. The molecular weight excluding hydrogens is 365 g/mol. The van der Waals surface area contributed by atoms with Gasteiger partial charge in [-0.25, -0.2) is 9.97 Å². The van der Waals surface area contributed by atoms with E-state index in [4.69, 9.17) is 28.6 Å². The van der Waals surface area contributed by atoms with Gasteiger partial charge in [-0.1, -0.05) is 41.0 Å². The van der Waals surface area contributed by atoms with Gasteiger partial charge in [0.1, 0.15) is 5.52 Å². The Balaban J connectivity index is 1.93. The molecule has 2 heterocycles. The minimum Gasteiger partial charge on any atom is -0.328 e. The molecule has 8 heteroatoms. The number of aromatic amines is 1. The number of halogens is 2. The molecule has 0 amide bonds. The minimum absolute atomic E-state index is 0.179. The van der Waals surface area contributed by atoms with Gasteiger partial charge in [0.15, 0.2) is 16.3 Å². The molecule has 0 saturated heterocycles. The first-order chi connectivity index (χ1) is 11.6. The van der Waals surface area contributed by atoms with Crippen LogP contribution in [0.2, 0.25) is 10.0 Å². The molecule has 0 saturated carbocycles. The molecular formula is C16H15Cl2N5S. The Morgan fingerprint density at radius 2 is 2.17 bits per heavy atom. The van der Waals surface area contributed by atoms with Crippen molar-refractivity contribution in [1.82, 2.24) is 19.5 Å². The van der Waals surface area contributed by atoms with Crippen LogP contribution in [0.1, 0.15) is 12.8 Å². The fourth-order valence-electron chi connectivity index (χ4n) is 2.23. The lowest BCUT2D eigenvalue weighted by Gasteiger charge is -2.05. The number of aryl methyl sites for hydroxylation is 1. The van der Waals surface area contributed by atoms with Crippen LogP contribution in [-0.4, -0.2) is 19.5 Å². The molecule has 0 unspecified atom stereocenters. The van der Waals surface area contributed by atoms with E-state index in [2.05, 4.69) is 21.5 Å². The van der Waals surface area contributed by atoms with E-state index in [0.717, 1.165) is 29.9 Å². The Labute approximate surface area is 153 Å². The molecule has 0 fully saturated rings. The highest BCUT2D eigenvalue weighted by Crippen LogP contribution is 2.31. The molecule has 0 aliphatic carbocycles. The number of aromatic nitrogens is 4. The van der Waals surface area contributed by atoms with Gasteiger partial charge in [0.25, 0.3) is 0 Å². The van der Waals surface area contributed by atoms with Crippen molar-refractivity contribution in [2.24, 2.45) is 0 Å². The second kappa shape index (κ2) is 7.42. The lowest BCUT2D eigenvalue weighted by Crippen LogP contribution is -2.12. The number of allylic oxidation sites excluding steroid dienone is 1. The number of H-pyrrole nitrogens is 1. The number of fused-ring (bicyclic) bond motifs is 1. The van der Waals surface area contributed by atoms with Crippen molar-refractivity contribution in [1.29, 1.82) is 5.41 Å². The average molecular weight is 380 g/mol. The van der Waals surface area contributed by atoms with Gasteiger partial charge in [0.05, 0.1) is 16.4 Å². The standard InChI is InChI=1S/C16H15Cl2N5S/c1-2-3-4-7-23-9-20-14(19)13-15(23)22-16(21-13)24-10-5-6-11(17)12(18)8-10/h2,5-6,8-9,19H,1,3-4,7H2,(H,21,22). The number of nitrogens with one attached hydrogen (secondary N) is 2. The number of hydrogen-bond acceptors (Lipinski definition) is 4. The van der Waals surface area contributed by atoms with Gasteiger partial charge in [0, 0.05) is 11.4 Å². The monoisotopic (exact) mass is 379 g/mol. The molecule has 0 aliphatic heterocycles. The summed E-state index contributed by atoms with van der Waals surface area (Å²) in [6.45, 7) is 4.51. The van der Waals surface area contributed by atoms with Crippen molar-refractivity contribution in [3.05, 3.63) is 52.7 Å². The second-order valence-electron chi connectivity index (χ2n) is 5.14. The summed E-state index contributed by atoms with van der Waals surface area (Å²) in [4.78, 5) is 12.8. The highest BCUT2D eigenvalue weighted by atomic mass is 35.5. The summed E-state index contributed by atoms with van der Waals surface area (Å²) >= 11 is 13.4. The number of imidazole rings is 1.